The number of rotatable bonds is 5. The van der Waals surface area contributed by atoms with Gasteiger partial charge in [0.05, 0.1) is 5.69 Å². The Morgan fingerprint density at radius 3 is 2.50 bits per heavy atom. The zero-order valence-corrected chi connectivity index (χ0v) is 15.2. The molecular formula is C20H26FN3O2. The minimum atomic E-state index is -0.347. The van der Waals surface area contributed by atoms with Crippen molar-refractivity contribution in [1.82, 2.24) is 15.1 Å². The van der Waals surface area contributed by atoms with E-state index < -0.39 is 0 Å². The molecule has 0 atom stereocenters. The molecule has 1 fully saturated rings. The number of hydrogen-bond donors (Lipinski definition) is 2. The molecule has 140 valence electrons. The standard InChI is InChI=1S/C20H26FN3O2/c1-14-18(12-13-19(25)22-16-6-4-2-3-5-7-16)20(26)24(23-14)17-10-8-15(21)9-11-17/h8-11,16,23H,2-7,12-13H2,1H3,(H,22,25). The first kappa shape index (κ1) is 18.4. The Bertz CT molecular complexity index is 799. The van der Waals surface area contributed by atoms with Crippen molar-refractivity contribution in [3.05, 3.63) is 51.7 Å². The first-order valence-electron chi connectivity index (χ1n) is 9.40. The van der Waals surface area contributed by atoms with Crippen LogP contribution >= 0.6 is 0 Å². The Labute approximate surface area is 152 Å². The molecule has 1 heterocycles. The summed E-state index contributed by atoms with van der Waals surface area (Å²) < 4.78 is 14.5. The van der Waals surface area contributed by atoms with Gasteiger partial charge in [-0.25, -0.2) is 9.07 Å². The fourth-order valence-corrected chi connectivity index (χ4v) is 3.61. The highest BCUT2D eigenvalue weighted by atomic mass is 19.1. The van der Waals surface area contributed by atoms with E-state index in [0.29, 0.717) is 24.1 Å². The van der Waals surface area contributed by atoms with Crippen LogP contribution in [0.3, 0.4) is 0 Å². The second-order valence-corrected chi connectivity index (χ2v) is 7.09. The number of H-pyrrole nitrogens is 1. The van der Waals surface area contributed by atoms with Gasteiger partial charge in [-0.05, 0) is 50.5 Å². The molecule has 3 rings (SSSR count). The maximum atomic E-state index is 13.1. The van der Waals surface area contributed by atoms with Crippen molar-refractivity contribution >= 4 is 5.91 Å². The molecule has 5 nitrogen and oxygen atoms in total. The Morgan fingerprint density at radius 1 is 1.19 bits per heavy atom. The van der Waals surface area contributed by atoms with Gasteiger partial charge in [0.25, 0.3) is 5.56 Å². The van der Waals surface area contributed by atoms with Crippen molar-refractivity contribution < 1.29 is 9.18 Å². The Balaban J connectivity index is 1.63. The molecule has 0 bridgehead atoms. The minimum Gasteiger partial charge on any atom is -0.353 e. The van der Waals surface area contributed by atoms with E-state index in [1.54, 1.807) is 12.1 Å². The number of carbonyl (C=O) groups excluding carboxylic acids is 1. The van der Waals surface area contributed by atoms with Crippen LogP contribution in [-0.2, 0) is 11.2 Å². The van der Waals surface area contributed by atoms with E-state index in [9.17, 15) is 14.0 Å². The van der Waals surface area contributed by atoms with Crippen LogP contribution in [-0.4, -0.2) is 21.7 Å². The molecular weight excluding hydrogens is 333 g/mol. The predicted octanol–water partition coefficient (Wildman–Crippen LogP) is 3.38. The number of aryl methyl sites for hydroxylation is 1. The quantitative estimate of drug-likeness (QED) is 0.804. The maximum Gasteiger partial charge on any atom is 0.274 e. The molecule has 2 N–H and O–H groups in total. The van der Waals surface area contributed by atoms with Crippen molar-refractivity contribution in [3.63, 3.8) is 0 Å². The van der Waals surface area contributed by atoms with E-state index >= 15 is 0 Å². The average Bonchev–Trinajstić information content (AvgIpc) is 2.79. The van der Waals surface area contributed by atoms with Crippen LogP contribution in [0, 0.1) is 12.7 Å². The summed E-state index contributed by atoms with van der Waals surface area (Å²) in [5.74, 6) is -0.342. The van der Waals surface area contributed by atoms with Crippen molar-refractivity contribution in [3.8, 4) is 5.69 Å². The molecule has 1 aromatic heterocycles. The molecule has 1 aromatic carbocycles. The summed E-state index contributed by atoms with van der Waals surface area (Å²) in [5.41, 5.74) is 1.73. The van der Waals surface area contributed by atoms with Crippen LogP contribution in [0.15, 0.2) is 29.1 Å². The summed E-state index contributed by atoms with van der Waals surface area (Å²) in [6.45, 7) is 1.82. The topological polar surface area (TPSA) is 66.9 Å². The molecule has 0 spiro atoms. The molecule has 0 radical (unpaired) electrons. The van der Waals surface area contributed by atoms with Crippen molar-refractivity contribution in [2.75, 3.05) is 0 Å². The lowest BCUT2D eigenvalue weighted by atomic mass is 10.1. The van der Waals surface area contributed by atoms with E-state index in [0.717, 1.165) is 18.5 Å². The molecule has 0 saturated heterocycles. The highest BCUT2D eigenvalue weighted by Gasteiger charge is 2.17. The summed E-state index contributed by atoms with van der Waals surface area (Å²) in [7, 11) is 0. The van der Waals surface area contributed by atoms with Crippen molar-refractivity contribution in [1.29, 1.82) is 0 Å². The molecule has 26 heavy (non-hydrogen) atoms. The van der Waals surface area contributed by atoms with Crippen LogP contribution in [0.5, 0.6) is 0 Å². The van der Waals surface area contributed by atoms with E-state index in [1.165, 1.54) is 42.5 Å². The number of hydrogen-bond acceptors (Lipinski definition) is 2. The van der Waals surface area contributed by atoms with Gasteiger partial charge in [0.1, 0.15) is 5.82 Å². The van der Waals surface area contributed by atoms with Crippen LogP contribution < -0.4 is 10.9 Å². The van der Waals surface area contributed by atoms with Gasteiger partial charge in [-0.15, -0.1) is 0 Å². The number of halogens is 1. The zero-order chi connectivity index (χ0) is 18.5. The lowest BCUT2D eigenvalue weighted by Gasteiger charge is -2.15. The van der Waals surface area contributed by atoms with Gasteiger partial charge in [-0.2, -0.15) is 0 Å². The summed E-state index contributed by atoms with van der Waals surface area (Å²) >= 11 is 0. The second-order valence-electron chi connectivity index (χ2n) is 7.09. The first-order valence-corrected chi connectivity index (χ1v) is 9.40. The molecule has 6 heteroatoms. The first-order chi connectivity index (χ1) is 12.5. The smallest absolute Gasteiger partial charge is 0.274 e. The largest absolute Gasteiger partial charge is 0.353 e. The lowest BCUT2D eigenvalue weighted by Crippen LogP contribution is -2.34. The van der Waals surface area contributed by atoms with E-state index in [-0.39, 0.29) is 23.3 Å². The van der Waals surface area contributed by atoms with Crippen LogP contribution in [0.1, 0.15) is 56.2 Å². The van der Waals surface area contributed by atoms with Crippen LogP contribution in [0.25, 0.3) is 5.69 Å². The molecule has 0 aliphatic heterocycles. The van der Waals surface area contributed by atoms with Gasteiger partial charge in [0.15, 0.2) is 0 Å². The number of amides is 1. The number of nitrogens with zero attached hydrogens (tertiary/aromatic N) is 1. The number of nitrogens with one attached hydrogen (secondary N) is 2. The van der Waals surface area contributed by atoms with E-state index in [1.807, 2.05) is 6.92 Å². The van der Waals surface area contributed by atoms with Gasteiger partial charge >= 0.3 is 0 Å². The van der Waals surface area contributed by atoms with Crippen LogP contribution in [0.2, 0.25) is 0 Å². The SMILES string of the molecule is Cc1[nH]n(-c2ccc(F)cc2)c(=O)c1CCC(=O)NC1CCCCCC1. The van der Waals surface area contributed by atoms with Crippen molar-refractivity contribution in [2.45, 2.75) is 64.3 Å². The molecule has 2 aromatic rings. The summed E-state index contributed by atoms with van der Waals surface area (Å²) in [6.07, 6.45) is 7.63. The van der Waals surface area contributed by atoms with Gasteiger partial charge in [0.2, 0.25) is 5.91 Å². The molecule has 1 aliphatic rings. The number of aromatic nitrogens is 2. The Kier molecular flexibility index (Phi) is 5.91. The molecule has 1 amide bonds. The molecule has 1 saturated carbocycles. The van der Waals surface area contributed by atoms with Crippen LogP contribution in [0.4, 0.5) is 4.39 Å². The normalized spacial score (nSPS) is 15.6. The van der Waals surface area contributed by atoms with Gasteiger partial charge in [0, 0.05) is 23.7 Å². The minimum absolute atomic E-state index is 0.00484. The maximum absolute atomic E-state index is 13.1. The zero-order valence-electron chi connectivity index (χ0n) is 15.2. The fourth-order valence-electron chi connectivity index (χ4n) is 3.61. The third-order valence-electron chi connectivity index (χ3n) is 5.10. The third-order valence-corrected chi connectivity index (χ3v) is 5.10. The van der Waals surface area contributed by atoms with Gasteiger partial charge < -0.3 is 5.32 Å². The van der Waals surface area contributed by atoms with E-state index in [4.69, 9.17) is 0 Å². The monoisotopic (exact) mass is 359 g/mol. The predicted molar refractivity (Wildman–Crippen MR) is 99.0 cm³/mol. The summed E-state index contributed by atoms with van der Waals surface area (Å²) in [6, 6.07) is 6.01. The second kappa shape index (κ2) is 8.34. The number of carbonyl (C=O) groups is 1. The number of benzene rings is 1. The Hall–Kier alpha value is -2.37. The fraction of sp³-hybridized carbons (Fsp3) is 0.500. The Morgan fingerprint density at radius 2 is 1.85 bits per heavy atom. The lowest BCUT2D eigenvalue weighted by molar-refractivity contribution is -0.121. The summed E-state index contributed by atoms with van der Waals surface area (Å²) in [4.78, 5) is 24.9. The third kappa shape index (κ3) is 4.42. The van der Waals surface area contributed by atoms with Gasteiger partial charge in [-0.3, -0.25) is 14.7 Å². The number of aromatic amines is 1. The highest BCUT2D eigenvalue weighted by Crippen LogP contribution is 2.17. The highest BCUT2D eigenvalue weighted by molar-refractivity contribution is 5.76. The van der Waals surface area contributed by atoms with E-state index in [2.05, 4.69) is 10.4 Å². The average molecular weight is 359 g/mol. The van der Waals surface area contributed by atoms with Gasteiger partial charge in [-0.1, -0.05) is 25.7 Å². The van der Waals surface area contributed by atoms with Crippen molar-refractivity contribution in [2.24, 2.45) is 0 Å². The molecule has 0 unspecified atom stereocenters. The summed E-state index contributed by atoms with van der Waals surface area (Å²) in [5, 5.41) is 6.13. The molecule has 1 aliphatic carbocycles.